The van der Waals surface area contributed by atoms with Gasteiger partial charge in [-0.3, -0.25) is 0 Å². The molecule has 2 aromatic rings. The van der Waals surface area contributed by atoms with Crippen LogP contribution in [-0.4, -0.2) is 13.2 Å². The van der Waals surface area contributed by atoms with Crippen molar-refractivity contribution in [2.24, 2.45) is 0 Å². The zero-order valence-electron chi connectivity index (χ0n) is 11.6. The van der Waals surface area contributed by atoms with Gasteiger partial charge in [0.25, 0.3) is 0 Å². The van der Waals surface area contributed by atoms with Gasteiger partial charge in [0.2, 0.25) is 0 Å². The smallest absolute Gasteiger partial charge is 0.119 e. The van der Waals surface area contributed by atoms with Gasteiger partial charge in [-0.1, -0.05) is 36.4 Å². The van der Waals surface area contributed by atoms with Crippen LogP contribution in [0.2, 0.25) is 0 Å². The van der Waals surface area contributed by atoms with Crippen LogP contribution in [-0.2, 0) is 6.54 Å². The molecule has 2 nitrogen and oxygen atoms in total. The molecule has 0 atom stereocenters. The first kappa shape index (κ1) is 13.6. The van der Waals surface area contributed by atoms with E-state index in [0.717, 1.165) is 18.8 Å². The van der Waals surface area contributed by atoms with Gasteiger partial charge in [-0.05, 0) is 42.7 Å². The predicted molar refractivity (Wildman–Crippen MR) is 79.6 cm³/mol. The molecule has 0 aliphatic rings. The molecule has 0 bridgehead atoms. The van der Waals surface area contributed by atoms with E-state index in [4.69, 9.17) is 4.74 Å². The molecule has 1 N–H and O–H groups in total. The second-order valence-electron chi connectivity index (χ2n) is 4.83. The maximum atomic E-state index is 5.74. The maximum absolute atomic E-state index is 5.74. The molecule has 0 aliphatic carbocycles. The van der Waals surface area contributed by atoms with Crippen LogP contribution in [0.25, 0.3) is 0 Å². The van der Waals surface area contributed by atoms with Gasteiger partial charge in [-0.2, -0.15) is 0 Å². The van der Waals surface area contributed by atoms with E-state index >= 15 is 0 Å². The monoisotopic (exact) mass is 255 g/mol. The van der Waals surface area contributed by atoms with Crippen molar-refractivity contribution in [3.05, 3.63) is 65.2 Å². The Bertz CT molecular complexity index is 488. The number of benzene rings is 2. The van der Waals surface area contributed by atoms with Gasteiger partial charge in [0, 0.05) is 13.1 Å². The minimum atomic E-state index is 0.690. The quantitative estimate of drug-likeness (QED) is 0.798. The van der Waals surface area contributed by atoms with Crippen LogP contribution >= 0.6 is 0 Å². The normalized spacial score (nSPS) is 10.4. The number of ether oxygens (including phenoxy) is 1. The van der Waals surface area contributed by atoms with Gasteiger partial charge in [-0.15, -0.1) is 0 Å². The second-order valence-corrected chi connectivity index (χ2v) is 4.83. The Morgan fingerprint density at radius 1 is 0.947 bits per heavy atom. The zero-order valence-corrected chi connectivity index (χ0v) is 11.6. The first-order valence-electron chi connectivity index (χ1n) is 6.70. The van der Waals surface area contributed by atoms with Gasteiger partial charge in [0.1, 0.15) is 12.4 Å². The number of nitrogens with one attached hydrogen (secondary N) is 1. The van der Waals surface area contributed by atoms with E-state index in [1.54, 1.807) is 0 Å². The molecule has 0 aliphatic heterocycles. The van der Waals surface area contributed by atoms with Crippen molar-refractivity contribution in [2.45, 2.75) is 20.4 Å². The van der Waals surface area contributed by atoms with Gasteiger partial charge >= 0.3 is 0 Å². The van der Waals surface area contributed by atoms with Crippen LogP contribution in [0.1, 0.15) is 16.7 Å². The standard InChI is InChI=1S/C17H21NO/c1-14-10-15(2)12-17(11-14)19-9-8-18-13-16-6-4-3-5-7-16/h3-7,10-12,18H,8-9,13H2,1-2H3. The summed E-state index contributed by atoms with van der Waals surface area (Å²) in [7, 11) is 0. The lowest BCUT2D eigenvalue weighted by molar-refractivity contribution is 0.313. The van der Waals surface area contributed by atoms with Crippen molar-refractivity contribution in [3.63, 3.8) is 0 Å². The molecule has 100 valence electrons. The van der Waals surface area contributed by atoms with E-state index in [2.05, 4.69) is 61.6 Å². The molecule has 2 rings (SSSR count). The molecule has 0 spiro atoms. The summed E-state index contributed by atoms with van der Waals surface area (Å²) in [6, 6.07) is 16.7. The van der Waals surface area contributed by atoms with E-state index in [9.17, 15) is 0 Å². The Morgan fingerprint density at radius 2 is 1.63 bits per heavy atom. The van der Waals surface area contributed by atoms with E-state index in [1.807, 2.05) is 6.07 Å². The molecular formula is C17H21NO. The third kappa shape index (κ3) is 4.76. The zero-order chi connectivity index (χ0) is 13.5. The maximum Gasteiger partial charge on any atom is 0.119 e. The lowest BCUT2D eigenvalue weighted by Crippen LogP contribution is -2.20. The average Bonchev–Trinajstić information content (AvgIpc) is 2.38. The average molecular weight is 255 g/mol. The van der Waals surface area contributed by atoms with Gasteiger partial charge in [0.15, 0.2) is 0 Å². The summed E-state index contributed by atoms with van der Waals surface area (Å²) in [4.78, 5) is 0. The minimum absolute atomic E-state index is 0.690. The fraction of sp³-hybridized carbons (Fsp3) is 0.294. The SMILES string of the molecule is Cc1cc(C)cc(OCCNCc2ccccc2)c1. The highest BCUT2D eigenvalue weighted by molar-refractivity contribution is 5.32. The highest BCUT2D eigenvalue weighted by Crippen LogP contribution is 2.15. The molecule has 0 heterocycles. The molecule has 0 unspecified atom stereocenters. The molecule has 19 heavy (non-hydrogen) atoms. The largest absolute Gasteiger partial charge is 0.492 e. The fourth-order valence-corrected chi connectivity index (χ4v) is 2.09. The van der Waals surface area contributed by atoms with Crippen molar-refractivity contribution in [1.82, 2.24) is 5.32 Å². The molecule has 0 amide bonds. The van der Waals surface area contributed by atoms with E-state index < -0.39 is 0 Å². The lowest BCUT2D eigenvalue weighted by atomic mass is 10.1. The van der Waals surface area contributed by atoms with Crippen molar-refractivity contribution >= 4 is 0 Å². The number of hydrogen-bond acceptors (Lipinski definition) is 2. The van der Waals surface area contributed by atoms with Gasteiger partial charge < -0.3 is 10.1 Å². The third-order valence-electron chi connectivity index (χ3n) is 2.91. The van der Waals surface area contributed by atoms with Crippen molar-refractivity contribution in [1.29, 1.82) is 0 Å². The first-order valence-corrected chi connectivity index (χ1v) is 6.70. The summed E-state index contributed by atoms with van der Waals surface area (Å²) in [5.41, 5.74) is 3.79. The summed E-state index contributed by atoms with van der Waals surface area (Å²) in [5, 5.41) is 3.38. The summed E-state index contributed by atoms with van der Waals surface area (Å²) in [5.74, 6) is 0.957. The summed E-state index contributed by atoms with van der Waals surface area (Å²) >= 11 is 0. The topological polar surface area (TPSA) is 21.3 Å². The van der Waals surface area contributed by atoms with Crippen molar-refractivity contribution in [3.8, 4) is 5.75 Å². The first-order chi connectivity index (χ1) is 9.24. The van der Waals surface area contributed by atoms with E-state index in [-0.39, 0.29) is 0 Å². The lowest BCUT2D eigenvalue weighted by Gasteiger charge is -2.09. The Hall–Kier alpha value is -1.80. The molecule has 0 saturated heterocycles. The van der Waals surface area contributed by atoms with Crippen LogP contribution in [0.15, 0.2) is 48.5 Å². The van der Waals surface area contributed by atoms with Crippen molar-refractivity contribution < 1.29 is 4.74 Å². The highest BCUT2D eigenvalue weighted by Gasteiger charge is 1.97. The van der Waals surface area contributed by atoms with Crippen LogP contribution < -0.4 is 10.1 Å². The molecule has 0 saturated carbocycles. The van der Waals surface area contributed by atoms with E-state index in [0.29, 0.717) is 6.61 Å². The fourth-order valence-electron chi connectivity index (χ4n) is 2.09. The van der Waals surface area contributed by atoms with Crippen LogP contribution in [0.5, 0.6) is 5.75 Å². The molecule has 2 aromatic carbocycles. The molecule has 2 heteroatoms. The number of hydrogen-bond donors (Lipinski definition) is 1. The summed E-state index contributed by atoms with van der Waals surface area (Å²) < 4.78 is 5.74. The molecule has 0 fully saturated rings. The Labute approximate surface area is 115 Å². The highest BCUT2D eigenvalue weighted by atomic mass is 16.5. The summed E-state index contributed by atoms with van der Waals surface area (Å²) in [6.07, 6.45) is 0. The Morgan fingerprint density at radius 3 is 2.32 bits per heavy atom. The third-order valence-corrected chi connectivity index (χ3v) is 2.91. The Balaban J connectivity index is 1.69. The van der Waals surface area contributed by atoms with Gasteiger partial charge in [-0.25, -0.2) is 0 Å². The molecule has 0 aromatic heterocycles. The van der Waals surface area contributed by atoms with Gasteiger partial charge in [0.05, 0.1) is 0 Å². The molecular weight excluding hydrogens is 234 g/mol. The number of rotatable bonds is 6. The Kier molecular flexibility index (Phi) is 4.99. The van der Waals surface area contributed by atoms with E-state index in [1.165, 1.54) is 16.7 Å². The predicted octanol–water partition coefficient (Wildman–Crippen LogP) is 3.47. The minimum Gasteiger partial charge on any atom is -0.492 e. The second kappa shape index (κ2) is 6.95. The summed E-state index contributed by atoms with van der Waals surface area (Å²) in [6.45, 7) is 6.61. The number of aryl methyl sites for hydroxylation is 2. The van der Waals surface area contributed by atoms with Crippen LogP contribution in [0, 0.1) is 13.8 Å². The molecule has 0 radical (unpaired) electrons. The van der Waals surface area contributed by atoms with Crippen LogP contribution in [0.4, 0.5) is 0 Å². The van der Waals surface area contributed by atoms with Crippen LogP contribution in [0.3, 0.4) is 0 Å². The van der Waals surface area contributed by atoms with Crippen molar-refractivity contribution in [2.75, 3.05) is 13.2 Å².